The molecule has 35 heavy (non-hydrogen) atoms. The highest BCUT2D eigenvalue weighted by molar-refractivity contribution is 6.35. The molecular weight excluding hydrogens is 489 g/mol. The number of para-hydroxylation sites is 1. The first kappa shape index (κ1) is 23.5. The van der Waals surface area contributed by atoms with Crippen LogP contribution in [0, 0.1) is 0 Å². The van der Waals surface area contributed by atoms with Crippen molar-refractivity contribution in [3.05, 3.63) is 86.9 Å². The maximum Gasteiger partial charge on any atom is 0.338 e. The first-order chi connectivity index (χ1) is 17.0. The van der Waals surface area contributed by atoms with Crippen molar-refractivity contribution < 1.29 is 13.6 Å². The summed E-state index contributed by atoms with van der Waals surface area (Å²) < 4.78 is 11.1. The van der Waals surface area contributed by atoms with Gasteiger partial charge in [-0.2, -0.15) is 0 Å². The largest absolute Gasteiger partial charge is 0.451 e. The van der Waals surface area contributed by atoms with Crippen LogP contribution in [0.4, 0.5) is 5.69 Å². The van der Waals surface area contributed by atoms with E-state index in [1.165, 1.54) is 6.07 Å². The zero-order chi connectivity index (χ0) is 24.4. The molecular formula is C26H23Cl2N3O4. The molecule has 0 unspecified atom stereocenters. The number of piperazine rings is 1. The summed E-state index contributed by atoms with van der Waals surface area (Å²) in [6, 6.07) is 17.5. The number of amides is 1. The summed E-state index contributed by atoms with van der Waals surface area (Å²) in [6.07, 6.45) is 0. The topological polar surface area (TPSA) is 78.9 Å². The first-order valence-corrected chi connectivity index (χ1v) is 12.1. The molecule has 180 valence electrons. The summed E-state index contributed by atoms with van der Waals surface area (Å²) in [4.78, 5) is 28.9. The maximum absolute atomic E-state index is 13.0. The fourth-order valence-electron chi connectivity index (χ4n) is 4.22. The molecule has 0 bridgehead atoms. The Morgan fingerprint density at radius 1 is 0.943 bits per heavy atom. The maximum atomic E-state index is 13.0. The summed E-state index contributed by atoms with van der Waals surface area (Å²) in [6.45, 7) is 4.16. The molecule has 1 aliphatic heterocycles. The number of nitrogens with one attached hydrogen (secondary N) is 1. The third kappa shape index (κ3) is 5.22. The third-order valence-electron chi connectivity index (χ3n) is 6.06. The molecule has 5 rings (SSSR count). The van der Waals surface area contributed by atoms with Gasteiger partial charge < -0.3 is 19.1 Å². The number of carbonyl (C=O) groups excluding carboxylic acids is 1. The number of benzene rings is 2. The lowest BCUT2D eigenvalue weighted by Crippen LogP contribution is -2.49. The van der Waals surface area contributed by atoms with Gasteiger partial charge in [0.05, 0.1) is 10.7 Å². The lowest BCUT2D eigenvalue weighted by Gasteiger charge is -2.34. The Morgan fingerprint density at radius 2 is 1.74 bits per heavy atom. The van der Waals surface area contributed by atoms with Crippen LogP contribution >= 0.6 is 23.2 Å². The van der Waals surface area contributed by atoms with Crippen LogP contribution in [0.2, 0.25) is 10.0 Å². The summed E-state index contributed by atoms with van der Waals surface area (Å²) in [5, 5.41) is 5.27. The molecule has 0 radical (unpaired) electrons. The van der Waals surface area contributed by atoms with Gasteiger partial charge in [0.2, 0.25) is 0 Å². The molecule has 1 amide bonds. The van der Waals surface area contributed by atoms with Crippen molar-refractivity contribution in [3.8, 4) is 11.3 Å². The minimum Gasteiger partial charge on any atom is -0.451 e. The summed E-state index contributed by atoms with van der Waals surface area (Å²) in [5.41, 5.74) is 1.60. The third-order valence-corrected chi connectivity index (χ3v) is 6.63. The van der Waals surface area contributed by atoms with E-state index in [2.05, 4.69) is 10.2 Å². The van der Waals surface area contributed by atoms with Gasteiger partial charge in [-0.3, -0.25) is 9.69 Å². The van der Waals surface area contributed by atoms with Crippen molar-refractivity contribution in [3.63, 3.8) is 0 Å². The number of halogens is 2. The highest BCUT2D eigenvalue weighted by Crippen LogP contribution is 2.32. The smallest absolute Gasteiger partial charge is 0.338 e. The van der Waals surface area contributed by atoms with Crippen LogP contribution in [0.5, 0.6) is 0 Å². The Balaban J connectivity index is 1.15. The molecule has 0 saturated carbocycles. The van der Waals surface area contributed by atoms with Crippen LogP contribution in [-0.2, 0) is 0 Å². The van der Waals surface area contributed by atoms with Crippen LogP contribution in [0.15, 0.2) is 74.3 Å². The summed E-state index contributed by atoms with van der Waals surface area (Å²) in [7, 11) is 0. The molecule has 0 aliphatic carbocycles. The van der Waals surface area contributed by atoms with E-state index in [1.807, 2.05) is 18.2 Å². The van der Waals surface area contributed by atoms with E-state index in [4.69, 9.17) is 32.0 Å². The van der Waals surface area contributed by atoms with E-state index < -0.39 is 0 Å². The SMILES string of the molecule is O=C(c1ccc(-c2cc(Cl)ccc2Cl)o1)N1CCN(CCNc2cc(=O)oc3ccccc23)CC1. The number of hydrogen-bond acceptors (Lipinski definition) is 6. The minimum atomic E-state index is -0.378. The molecule has 2 aromatic carbocycles. The summed E-state index contributed by atoms with van der Waals surface area (Å²) in [5.74, 6) is 0.642. The Hall–Kier alpha value is -3.26. The molecule has 9 heteroatoms. The van der Waals surface area contributed by atoms with Gasteiger partial charge in [0.25, 0.3) is 5.91 Å². The highest BCUT2D eigenvalue weighted by atomic mass is 35.5. The number of carbonyl (C=O) groups is 1. The molecule has 3 heterocycles. The van der Waals surface area contributed by atoms with E-state index in [9.17, 15) is 9.59 Å². The van der Waals surface area contributed by atoms with Gasteiger partial charge >= 0.3 is 5.63 Å². The second kappa shape index (κ2) is 10.2. The molecule has 1 aliphatic rings. The Morgan fingerprint density at radius 3 is 2.57 bits per heavy atom. The van der Waals surface area contributed by atoms with E-state index in [-0.39, 0.29) is 17.3 Å². The molecule has 2 aromatic heterocycles. The number of nitrogens with zero attached hydrogens (tertiary/aromatic N) is 2. The summed E-state index contributed by atoms with van der Waals surface area (Å²) >= 11 is 12.3. The Bertz CT molecular complexity index is 1420. The van der Waals surface area contributed by atoms with Crippen molar-refractivity contribution in [2.24, 2.45) is 0 Å². The molecule has 1 N–H and O–H groups in total. The highest BCUT2D eigenvalue weighted by Gasteiger charge is 2.24. The number of fused-ring (bicyclic) bond motifs is 1. The lowest BCUT2D eigenvalue weighted by atomic mass is 10.2. The Kier molecular flexibility index (Phi) is 6.81. The van der Waals surface area contributed by atoms with Crippen LogP contribution in [0.25, 0.3) is 22.3 Å². The van der Waals surface area contributed by atoms with Crippen molar-refractivity contribution >= 4 is 45.8 Å². The first-order valence-electron chi connectivity index (χ1n) is 11.3. The fraction of sp³-hybridized carbons (Fsp3) is 0.231. The monoisotopic (exact) mass is 511 g/mol. The van der Waals surface area contributed by atoms with Crippen molar-refractivity contribution in [1.29, 1.82) is 0 Å². The molecule has 7 nitrogen and oxygen atoms in total. The number of anilines is 1. The zero-order valence-corrected chi connectivity index (χ0v) is 20.3. The van der Waals surface area contributed by atoms with E-state index in [0.29, 0.717) is 46.6 Å². The fourth-order valence-corrected chi connectivity index (χ4v) is 4.60. The van der Waals surface area contributed by atoms with E-state index in [1.54, 1.807) is 41.3 Å². The van der Waals surface area contributed by atoms with Crippen LogP contribution in [-0.4, -0.2) is 55.0 Å². The second-order valence-electron chi connectivity index (χ2n) is 8.32. The van der Waals surface area contributed by atoms with Gasteiger partial charge in [-0.05, 0) is 42.5 Å². The zero-order valence-electron chi connectivity index (χ0n) is 18.8. The Labute approximate surface area is 211 Å². The van der Waals surface area contributed by atoms with Gasteiger partial charge in [-0.25, -0.2) is 4.79 Å². The molecule has 0 spiro atoms. The van der Waals surface area contributed by atoms with Gasteiger partial charge in [-0.1, -0.05) is 35.3 Å². The van der Waals surface area contributed by atoms with E-state index in [0.717, 1.165) is 30.7 Å². The van der Waals surface area contributed by atoms with Crippen LogP contribution in [0.1, 0.15) is 10.6 Å². The quantitative estimate of drug-likeness (QED) is 0.357. The lowest BCUT2D eigenvalue weighted by molar-refractivity contribution is 0.0612. The minimum absolute atomic E-state index is 0.144. The van der Waals surface area contributed by atoms with Crippen LogP contribution in [0.3, 0.4) is 0 Å². The van der Waals surface area contributed by atoms with Crippen molar-refractivity contribution in [2.75, 3.05) is 44.6 Å². The van der Waals surface area contributed by atoms with Crippen LogP contribution < -0.4 is 10.9 Å². The molecule has 1 fully saturated rings. The van der Waals surface area contributed by atoms with Gasteiger partial charge in [0, 0.05) is 61.3 Å². The van der Waals surface area contributed by atoms with Crippen molar-refractivity contribution in [2.45, 2.75) is 0 Å². The van der Waals surface area contributed by atoms with Gasteiger partial charge in [0.15, 0.2) is 5.76 Å². The predicted molar refractivity (Wildman–Crippen MR) is 137 cm³/mol. The standard InChI is InChI=1S/C26H23Cl2N3O4/c27-17-5-6-20(28)19(15-17)23-7-8-24(34-23)26(33)31-13-11-30(12-14-31)10-9-29-21-16-25(32)35-22-4-2-1-3-18(21)22/h1-8,15-16,29H,9-14H2. The molecule has 4 aromatic rings. The van der Waals surface area contributed by atoms with E-state index >= 15 is 0 Å². The number of rotatable bonds is 6. The number of hydrogen-bond donors (Lipinski definition) is 1. The predicted octanol–water partition coefficient (Wildman–Crippen LogP) is 5.23. The second-order valence-corrected chi connectivity index (χ2v) is 9.17. The van der Waals surface area contributed by atoms with Gasteiger partial charge in [0.1, 0.15) is 11.3 Å². The average Bonchev–Trinajstić information content (AvgIpc) is 3.35. The normalized spacial score (nSPS) is 14.4. The average molecular weight is 512 g/mol. The van der Waals surface area contributed by atoms with Crippen molar-refractivity contribution in [1.82, 2.24) is 9.80 Å². The number of furan rings is 1. The van der Waals surface area contributed by atoms with Gasteiger partial charge in [-0.15, -0.1) is 0 Å². The molecule has 0 atom stereocenters. The molecule has 1 saturated heterocycles.